The molecule has 1 fully saturated rings. The molecule has 0 spiro atoms. The summed E-state index contributed by atoms with van der Waals surface area (Å²) in [5.41, 5.74) is 1.41. The number of likely N-dealkylation sites (tertiary alicyclic amines) is 1. The molecule has 1 aliphatic heterocycles. The van der Waals surface area contributed by atoms with Gasteiger partial charge in [-0.25, -0.2) is 8.42 Å². The summed E-state index contributed by atoms with van der Waals surface area (Å²) in [7, 11) is -3.60. The summed E-state index contributed by atoms with van der Waals surface area (Å²) in [6.07, 6.45) is -0.789. The van der Waals surface area contributed by atoms with E-state index in [0.717, 1.165) is 5.56 Å². The van der Waals surface area contributed by atoms with Gasteiger partial charge in [0.25, 0.3) is 10.0 Å². The number of benzene rings is 2. The van der Waals surface area contributed by atoms with Crippen LogP contribution in [-0.2, 0) is 16.6 Å². The monoisotopic (exact) mass is 348 g/mol. The first-order chi connectivity index (χ1) is 11.4. The second-order valence-corrected chi connectivity index (χ2v) is 7.60. The Kier molecular flexibility index (Phi) is 4.86. The fourth-order valence-corrected chi connectivity index (χ4v) is 3.84. The maximum atomic E-state index is 12.3. The fourth-order valence-electron chi connectivity index (χ4n) is 2.76. The molecule has 24 heavy (non-hydrogen) atoms. The van der Waals surface area contributed by atoms with Gasteiger partial charge in [-0.15, -0.1) is 0 Å². The van der Waals surface area contributed by atoms with E-state index in [1.807, 2.05) is 0 Å². The Morgan fingerprint density at radius 2 is 1.71 bits per heavy atom. The summed E-state index contributed by atoms with van der Waals surface area (Å²) in [6.45, 7) is 0.938. The van der Waals surface area contributed by atoms with Crippen LogP contribution in [0.4, 0.5) is 5.69 Å². The zero-order chi connectivity index (χ0) is 17.2. The third-order valence-corrected chi connectivity index (χ3v) is 5.39. The highest BCUT2D eigenvalue weighted by molar-refractivity contribution is 7.92. The average molecular weight is 348 g/mol. The van der Waals surface area contributed by atoms with E-state index >= 15 is 0 Å². The van der Waals surface area contributed by atoms with E-state index in [-0.39, 0.29) is 4.90 Å². The van der Waals surface area contributed by atoms with Gasteiger partial charge < -0.3 is 10.2 Å². The molecule has 3 N–H and O–H groups in total. The van der Waals surface area contributed by atoms with Crippen molar-refractivity contribution in [1.29, 1.82) is 0 Å². The lowest BCUT2D eigenvalue weighted by molar-refractivity contribution is 0.0326. The number of rotatable bonds is 5. The van der Waals surface area contributed by atoms with E-state index in [9.17, 15) is 18.6 Å². The van der Waals surface area contributed by atoms with Gasteiger partial charge in [0.1, 0.15) is 6.23 Å². The first-order valence-electron chi connectivity index (χ1n) is 7.71. The van der Waals surface area contributed by atoms with Crippen molar-refractivity contribution in [2.45, 2.75) is 30.2 Å². The minimum Gasteiger partial charge on any atom is -0.392 e. The summed E-state index contributed by atoms with van der Waals surface area (Å²) in [5.74, 6) is 0. The minimum absolute atomic E-state index is 0.211. The summed E-state index contributed by atoms with van der Waals surface area (Å²) in [4.78, 5) is 2.00. The maximum Gasteiger partial charge on any atom is 0.261 e. The number of nitrogens with zero attached hydrogens (tertiary/aromatic N) is 1. The Hall–Kier alpha value is -1.93. The van der Waals surface area contributed by atoms with Gasteiger partial charge in [0.2, 0.25) is 0 Å². The molecule has 1 saturated heterocycles. The molecule has 0 saturated carbocycles. The van der Waals surface area contributed by atoms with E-state index in [0.29, 0.717) is 25.2 Å². The molecule has 2 aromatic rings. The number of aliphatic hydroxyl groups excluding tert-OH is 2. The van der Waals surface area contributed by atoms with Crippen LogP contribution >= 0.6 is 0 Å². The van der Waals surface area contributed by atoms with Crippen molar-refractivity contribution in [1.82, 2.24) is 4.90 Å². The van der Waals surface area contributed by atoms with E-state index in [4.69, 9.17) is 0 Å². The van der Waals surface area contributed by atoms with Crippen LogP contribution in [0.25, 0.3) is 0 Å². The average Bonchev–Trinajstić information content (AvgIpc) is 2.87. The number of sulfonamides is 1. The third-order valence-electron chi connectivity index (χ3n) is 3.99. The minimum atomic E-state index is -3.60. The van der Waals surface area contributed by atoms with Crippen molar-refractivity contribution in [3.8, 4) is 0 Å². The maximum absolute atomic E-state index is 12.3. The standard InChI is InChI=1S/C17H20N2O4S/c20-15-10-17(21)19(12-15)11-13-6-8-14(9-7-13)18-24(22,23)16-4-2-1-3-5-16/h1-9,15,17-18,20-21H,10-12H2/t15-,17?/m0/s1. The van der Waals surface area contributed by atoms with Crippen LogP contribution in [0.2, 0.25) is 0 Å². The van der Waals surface area contributed by atoms with Gasteiger partial charge in [-0.3, -0.25) is 9.62 Å². The molecule has 6 nitrogen and oxygen atoms in total. The number of aliphatic hydroxyl groups is 2. The molecule has 1 heterocycles. The Morgan fingerprint density at radius 3 is 2.29 bits per heavy atom. The zero-order valence-electron chi connectivity index (χ0n) is 13.0. The highest BCUT2D eigenvalue weighted by Gasteiger charge is 2.28. The molecular weight excluding hydrogens is 328 g/mol. The topological polar surface area (TPSA) is 89.9 Å². The van der Waals surface area contributed by atoms with E-state index < -0.39 is 22.4 Å². The van der Waals surface area contributed by atoms with Gasteiger partial charge in [-0.2, -0.15) is 0 Å². The lowest BCUT2D eigenvalue weighted by Gasteiger charge is -2.19. The van der Waals surface area contributed by atoms with Crippen LogP contribution in [0.15, 0.2) is 59.5 Å². The normalized spacial score (nSPS) is 21.8. The second-order valence-electron chi connectivity index (χ2n) is 5.92. The van der Waals surface area contributed by atoms with Gasteiger partial charge in [0.15, 0.2) is 0 Å². The largest absolute Gasteiger partial charge is 0.392 e. The molecule has 0 bridgehead atoms. The number of hydrogen-bond donors (Lipinski definition) is 3. The van der Waals surface area contributed by atoms with Gasteiger partial charge in [0, 0.05) is 25.2 Å². The predicted molar refractivity (Wildman–Crippen MR) is 90.7 cm³/mol. The van der Waals surface area contributed by atoms with Crippen molar-refractivity contribution < 1.29 is 18.6 Å². The van der Waals surface area contributed by atoms with Crippen LogP contribution in [-0.4, -0.2) is 42.4 Å². The molecule has 2 aromatic carbocycles. The Bertz CT molecular complexity index is 778. The quantitative estimate of drug-likeness (QED) is 0.759. The van der Waals surface area contributed by atoms with Gasteiger partial charge in [-0.05, 0) is 29.8 Å². The summed E-state index contributed by atoms with van der Waals surface area (Å²) < 4.78 is 27.1. The van der Waals surface area contributed by atoms with E-state index in [2.05, 4.69) is 4.72 Å². The molecule has 1 aliphatic rings. The van der Waals surface area contributed by atoms with Gasteiger partial charge in [-0.1, -0.05) is 30.3 Å². The number of anilines is 1. The van der Waals surface area contributed by atoms with Crippen LogP contribution in [0.5, 0.6) is 0 Å². The highest BCUT2D eigenvalue weighted by atomic mass is 32.2. The van der Waals surface area contributed by atoms with Crippen molar-refractivity contribution in [3.05, 3.63) is 60.2 Å². The first-order valence-corrected chi connectivity index (χ1v) is 9.19. The van der Waals surface area contributed by atoms with Crippen LogP contribution in [0, 0.1) is 0 Å². The number of hydrogen-bond acceptors (Lipinski definition) is 5. The molecule has 7 heteroatoms. The van der Waals surface area contributed by atoms with Crippen molar-refractivity contribution >= 4 is 15.7 Å². The van der Waals surface area contributed by atoms with Gasteiger partial charge >= 0.3 is 0 Å². The number of β-amino-alcohol motifs (C(OH)–C–C–N with tert-alkyl or cyclic N) is 1. The van der Waals surface area contributed by atoms with Crippen LogP contribution in [0.3, 0.4) is 0 Å². The molecule has 128 valence electrons. The SMILES string of the molecule is O=S(=O)(Nc1ccc(CN2C[C@@H](O)CC2O)cc1)c1ccccc1. The summed E-state index contributed by atoms with van der Waals surface area (Å²) in [5, 5.41) is 19.4. The highest BCUT2D eigenvalue weighted by Crippen LogP contribution is 2.21. The summed E-state index contributed by atoms with van der Waals surface area (Å²) in [6, 6.07) is 15.2. The van der Waals surface area contributed by atoms with Crippen LogP contribution in [0.1, 0.15) is 12.0 Å². The van der Waals surface area contributed by atoms with Crippen molar-refractivity contribution in [2.75, 3.05) is 11.3 Å². The Balaban J connectivity index is 1.67. The number of nitrogens with one attached hydrogen (secondary N) is 1. The molecule has 0 aliphatic carbocycles. The molecular formula is C17H20N2O4S. The molecule has 0 amide bonds. The van der Waals surface area contributed by atoms with E-state index in [1.165, 1.54) is 12.1 Å². The van der Waals surface area contributed by atoms with Crippen LogP contribution < -0.4 is 4.72 Å². The predicted octanol–water partition coefficient (Wildman–Crippen LogP) is 1.37. The molecule has 0 radical (unpaired) electrons. The summed E-state index contributed by atoms with van der Waals surface area (Å²) >= 11 is 0. The van der Waals surface area contributed by atoms with E-state index in [1.54, 1.807) is 47.4 Å². The van der Waals surface area contributed by atoms with Crippen molar-refractivity contribution in [2.24, 2.45) is 0 Å². The lowest BCUT2D eigenvalue weighted by Crippen LogP contribution is -2.28. The smallest absolute Gasteiger partial charge is 0.261 e. The molecule has 1 unspecified atom stereocenters. The molecule has 0 aromatic heterocycles. The fraction of sp³-hybridized carbons (Fsp3) is 0.294. The molecule has 3 rings (SSSR count). The Labute approximate surface area is 141 Å². The molecule has 2 atom stereocenters. The lowest BCUT2D eigenvalue weighted by atomic mass is 10.2. The third kappa shape index (κ3) is 3.93. The van der Waals surface area contributed by atoms with Gasteiger partial charge in [0.05, 0.1) is 11.0 Å². The first kappa shape index (κ1) is 16.9. The second kappa shape index (κ2) is 6.90. The zero-order valence-corrected chi connectivity index (χ0v) is 13.9. The van der Waals surface area contributed by atoms with Crippen molar-refractivity contribution in [3.63, 3.8) is 0 Å². The Morgan fingerprint density at radius 1 is 1.04 bits per heavy atom.